The third-order valence-corrected chi connectivity index (χ3v) is 2.47. The SMILES string of the molecule is CC(C)=CCC/C=C/CCC(OC(C)C)OC(C)C. The van der Waals surface area contributed by atoms with Crippen molar-refractivity contribution in [2.45, 2.75) is 85.7 Å². The summed E-state index contributed by atoms with van der Waals surface area (Å²) in [7, 11) is 0. The summed E-state index contributed by atoms with van der Waals surface area (Å²) < 4.78 is 11.5. The van der Waals surface area contributed by atoms with Crippen LogP contribution in [-0.2, 0) is 9.47 Å². The molecule has 0 fully saturated rings. The van der Waals surface area contributed by atoms with Gasteiger partial charge in [0.05, 0.1) is 12.2 Å². The van der Waals surface area contributed by atoms with Crippen LogP contribution >= 0.6 is 0 Å². The van der Waals surface area contributed by atoms with Crippen LogP contribution in [0.25, 0.3) is 0 Å². The summed E-state index contributed by atoms with van der Waals surface area (Å²) in [5.41, 5.74) is 1.39. The molecule has 0 aromatic rings. The molecule has 0 amide bonds. The lowest BCUT2D eigenvalue weighted by Gasteiger charge is -2.22. The van der Waals surface area contributed by atoms with Crippen LogP contribution in [0.1, 0.15) is 67.2 Å². The van der Waals surface area contributed by atoms with Crippen molar-refractivity contribution < 1.29 is 9.47 Å². The number of hydrogen-bond acceptors (Lipinski definition) is 2. The number of allylic oxidation sites excluding steroid dienone is 4. The molecule has 0 aliphatic heterocycles. The predicted octanol–water partition coefficient (Wildman–Crippen LogP) is 5.25. The van der Waals surface area contributed by atoms with Crippen LogP contribution in [0.2, 0.25) is 0 Å². The molecule has 0 radical (unpaired) electrons. The van der Waals surface area contributed by atoms with E-state index in [0.717, 1.165) is 25.7 Å². The van der Waals surface area contributed by atoms with Gasteiger partial charge in [-0.15, -0.1) is 0 Å². The maximum absolute atomic E-state index is 5.75. The van der Waals surface area contributed by atoms with Gasteiger partial charge >= 0.3 is 0 Å². The monoisotopic (exact) mass is 268 g/mol. The maximum Gasteiger partial charge on any atom is 0.158 e. The Morgan fingerprint density at radius 2 is 1.37 bits per heavy atom. The van der Waals surface area contributed by atoms with Crippen molar-refractivity contribution in [1.82, 2.24) is 0 Å². The first-order chi connectivity index (χ1) is 8.91. The third kappa shape index (κ3) is 13.6. The van der Waals surface area contributed by atoms with Crippen molar-refractivity contribution in [2.24, 2.45) is 0 Å². The first-order valence-electron chi connectivity index (χ1n) is 7.51. The molecular formula is C17H32O2. The molecule has 112 valence electrons. The maximum atomic E-state index is 5.75. The zero-order chi connectivity index (χ0) is 14.7. The van der Waals surface area contributed by atoms with E-state index in [1.807, 2.05) is 27.7 Å². The molecule has 0 aliphatic rings. The molecule has 0 aliphatic carbocycles. The topological polar surface area (TPSA) is 18.5 Å². The third-order valence-electron chi connectivity index (χ3n) is 2.47. The lowest BCUT2D eigenvalue weighted by atomic mass is 10.2. The Kier molecular flexibility index (Phi) is 10.9. The van der Waals surface area contributed by atoms with E-state index in [2.05, 4.69) is 32.1 Å². The van der Waals surface area contributed by atoms with Crippen molar-refractivity contribution in [1.29, 1.82) is 0 Å². The second kappa shape index (κ2) is 11.2. The summed E-state index contributed by atoms with van der Waals surface area (Å²) in [6.07, 6.45) is 11.3. The molecule has 0 aromatic carbocycles. The second-order valence-corrected chi connectivity index (χ2v) is 5.71. The molecule has 0 saturated carbocycles. The fraction of sp³-hybridized carbons (Fsp3) is 0.765. The molecule has 0 rings (SSSR count). The molecule has 2 nitrogen and oxygen atoms in total. The van der Waals surface area contributed by atoms with Gasteiger partial charge in [-0.05, 0) is 60.8 Å². The fourth-order valence-electron chi connectivity index (χ4n) is 1.71. The average molecular weight is 268 g/mol. The van der Waals surface area contributed by atoms with E-state index < -0.39 is 0 Å². The van der Waals surface area contributed by atoms with Gasteiger partial charge in [-0.2, -0.15) is 0 Å². The fourth-order valence-corrected chi connectivity index (χ4v) is 1.71. The van der Waals surface area contributed by atoms with Crippen molar-refractivity contribution in [2.75, 3.05) is 0 Å². The Balaban J connectivity index is 3.84. The lowest BCUT2D eigenvalue weighted by Crippen LogP contribution is -2.24. The molecule has 0 atom stereocenters. The van der Waals surface area contributed by atoms with E-state index in [1.165, 1.54) is 5.57 Å². The van der Waals surface area contributed by atoms with Gasteiger partial charge in [0.2, 0.25) is 0 Å². The van der Waals surface area contributed by atoms with Crippen LogP contribution in [0.5, 0.6) is 0 Å². The Bertz CT molecular complexity index is 250. The molecule has 2 heteroatoms. The first-order valence-corrected chi connectivity index (χ1v) is 7.51. The largest absolute Gasteiger partial charge is 0.350 e. The number of unbranched alkanes of at least 4 members (excludes halogenated alkanes) is 1. The highest BCUT2D eigenvalue weighted by Gasteiger charge is 2.12. The van der Waals surface area contributed by atoms with Crippen LogP contribution < -0.4 is 0 Å². The standard InChI is InChI=1S/C17H32O2/c1-14(2)12-10-8-7-9-11-13-17(18-15(3)4)19-16(5)6/h7,9,12,15-17H,8,10-11,13H2,1-6H3/b9-7+. The van der Waals surface area contributed by atoms with E-state index in [9.17, 15) is 0 Å². The minimum absolute atomic E-state index is 0.0811. The number of ether oxygens (including phenoxy) is 2. The average Bonchev–Trinajstić information content (AvgIpc) is 2.25. The summed E-state index contributed by atoms with van der Waals surface area (Å²) >= 11 is 0. The highest BCUT2D eigenvalue weighted by molar-refractivity contribution is 4.95. The van der Waals surface area contributed by atoms with Crippen molar-refractivity contribution in [3.05, 3.63) is 23.8 Å². The quantitative estimate of drug-likeness (QED) is 0.306. The molecule has 0 saturated heterocycles. The second-order valence-electron chi connectivity index (χ2n) is 5.71. The van der Waals surface area contributed by atoms with Gasteiger partial charge in [0.1, 0.15) is 0 Å². The molecule has 0 unspecified atom stereocenters. The summed E-state index contributed by atoms with van der Waals surface area (Å²) in [4.78, 5) is 0. The van der Waals surface area contributed by atoms with Crippen LogP contribution in [-0.4, -0.2) is 18.5 Å². The molecular weight excluding hydrogens is 236 g/mol. The van der Waals surface area contributed by atoms with Crippen LogP contribution in [0.15, 0.2) is 23.8 Å². The number of hydrogen-bond donors (Lipinski definition) is 0. The summed E-state index contributed by atoms with van der Waals surface area (Å²) in [5, 5.41) is 0. The van der Waals surface area contributed by atoms with Crippen LogP contribution in [0.4, 0.5) is 0 Å². The summed E-state index contributed by atoms with van der Waals surface area (Å²) in [6, 6.07) is 0. The van der Waals surface area contributed by atoms with Crippen LogP contribution in [0.3, 0.4) is 0 Å². The smallest absolute Gasteiger partial charge is 0.158 e. The first kappa shape index (κ1) is 18.4. The minimum Gasteiger partial charge on any atom is -0.350 e. The van der Waals surface area contributed by atoms with E-state index >= 15 is 0 Å². The molecule has 19 heavy (non-hydrogen) atoms. The van der Waals surface area contributed by atoms with E-state index in [4.69, 9.17) is 9.47 Å². The van der Waals surface area contributed by atoms with Gasteiger partial charge in [-0.3, -0.25) is 0 Å². The van der Waals surface area contributed by atoms with Crippen molar-refractivity contribution >= 4 is 0 Å². The van der Waals surface area contributed by atoms with Gasteiger partial charge < -0.3 is 9.47 Å². The van der Waals surface area contributed by atoms with Gasteiger partial charge in [0.15, 0.2) is 6.29 Å². The van der Waals surface area contributed by atoms with E-state index in [0.29, 0.717) is 0 Å². The Morgan fingerprint density at radius 3 is 1.84 bits per heavy atom. The van der Waals surface area contributed by atoms with E-state index in [-0.39, 0.29) is 18.5 Å². The molecule has 0 bridgehead atoms. The van der Waals surface area contributed by atoms with Crippen molar-refractivity contribution in [3.63, 3.8) is 0 Å². The summed E-state index contributed by atoms with van der Waals surface area (Å²) in [6.45, 7) is 12.5. The minimum atomic E-state index is -0.0811. The van der Waals surface area contributed by atoms with E-state index in [1.54, 1.807) is 0 Å². The normalized spacial score (nSPS) is 12.1. The molecule has 0 N–H and O–H groups in total. The Morgan fingerprint density at radius 1 is 0.842 bits per heavy atom. The molecule has 0 heterocycles. The Hall–Kier alpha value is -0.600. The van der Waals surface area contributed by atoms with Gasteiger partial charge in [0.25, 0.3) is 0 Å². The van der Waals surface area contributed by atoms with Crippen LogP contribution in [0, 0.1) is 0 Å². The zero-order valence-corrected chi connectivity index (χ0v) is 13.6. The highest BCUT2D eigenvalue weighted by atomic mass is 16.7. The van der Waals surface area contributed by atoms with Gasteiger partial charge in [-0.25, -0.2) is 0 Å². The molecule has 0 aromatic heterocycles. The van der Waals surface area contributed by atoms with Crippen molar-refractivity contribution in [3.8, 4) is 0 Å². The lowest BCUT2D eigenvalue weighted by molar-refractivity contribution is -0.183. The highest BCUT2D eigenvalue weighted by Crippen LogP contribution is 2.11. The predicted molar refractivity (Wildman–Crippen MR) is 83.3 cm³/mol. The zero-order valence-electron chi connectivity index (χ0n) is 13.6. The van der Waals surface area contributed by atoms with Gasteiger partial charge in [-0.1, -0.05) is 23.8 Å². The summed E-state index contributed by atoms with van der Waals surface area (Å²) in [5.74, 6) is 0. The Labute approximate surface area is 119 Å². The van der Waals surface area contributed by atoms with Gasteiger partial charge in [0, 0.05) is 6.42 Å². The molecule has 0 spiro atoms. The number of rotatable bonds is 10.